The van der Waals surface area contributed by atoms with Gasteiger partial charge in [0.1, 0.15) is 0 Å². The number of carbonyl (C=O) groups excluding carboxylic acids is 1. The van der Waals surface area contributed by atoms with E-state index in [2.05, 4.69) is 0 Å². The summed E-state index contributed by atoms with van der Waals surface area (Å²) in [5, 5.41) is 0. The molecule has 0 amide bonds. The lowest BCUT2D eigenvalue weighted by molar-refractivity contribution is -0.0322. The monoisotopic (exact) mass is 315 g/mol. The van der Waals surface area contributed by atoms with Gasteiger partial charge in [0.15, 0.2) is 0 Å². The van der Waals surface area contributed by atoms with E-state index in [1.54, 1.807) is 25.1 Å². The van der Waals surface area contributed by atoms with Gasteiger partial charge < -0.3 is 4.90 Å². The maximum atomic E-state index is 12.8. The highest BCUT2D eigenvalue weighted by molar-refractivity contribution is 8.04. The van der Waals surface area contributed by atoms with Crippen molar-refractivity contribution < 1.29 is 18.0 Å². The van der Waals surface area contributed by atoms with Crippen LogP contribution in [0.25, 0.3) is 0 Å². The number of alkyl halides is 3. The van der Waals surface area contributed by atoms with Crippen LogP contribution in [0, 0.1) is 0 Å². The molecule has 1 heterocycles. The molecule has 1 aliphatic heterocycles. The van der Waals surface area contributed by atoms with Crippen LogP contribution in [0.1, 0.15) is 30.1 Å². The minimum absolute atomic E-state index is 0.226. The number of likely N-dealkylation sites (tertiary alicyclic amines) is 1. The fourth-order valence-electron chi connectivity index (χ4n) is 2.32. The van der Waals surface area contributed by atoms with E-state index in [1.807, 2.05) is 4.90 Å². The molecule has 6 heteroatoms. The summed E-state index contributed by atoms with van der Waals surface area (Å²) in [5.74, 6) is -0.567. The number of halogens is 3. The highest BCUT2D eigenvalue weighted by Gasteiger charge is 2.35. The third kappa shape index (κ3) is 4.27. The number of hydrogen-bond acceptors (Lipinski definition) is 3. The SMILES string of the molecule is C/C(=C(\SC(F)(F)F)C(=O)c1ccccc1)N1CCCC1. The molecular formula is C15H16F3NOS. The summed E-state index contributed by atoms with van der Waals surface area (Å²) in [4.78, 5) is 14.0. The lowest BCUT2D eigenvalue weighted by Crippen LogP contribution is -2.21. The zero-order chi connectivity index (χ0) is 15.5. The molecule has 0 spiro atoms. The number of allylic oxidation sites excluding steroid dienone is 2. The van der Waals surface area contributed by atoms with E-state index in [0.29, 0.717) is 18.8 Å². The van der Waals surface area contributed by atoms with Gasteiger partial charge in [-0.3, -0.25) is 4.79 Å². The molecule has 1 aliphatic rings. The Hall–Kier alpha value is -1.43. The fraction of sp³-hybridized carbons (Fsp3) is 0.400. The van der Waals surface area contributed by atoms with Gasteiger partial charge in [-0.2, -0.15) is 13.2 Å². The zero-order valence-corrected chi connectivity index (χ0v) is 12.4. The van der Waals surface area contributed by atoms with Crippen LogP contribution in [0.15, 0.2) is 40.9 Å². The minimum atomic E-state index is -4.47. The topological polar surface area (TPSA) is 20.3 Å². The molecule has 1 fully saturated rings. The van der Waals surface area contributed by atoms with Gasteiger partial charge in [-0.1, -0.05) is 30.3 Å². The van der Waals surface area contributed by atoms with Gasteiger partial charge in [0.2, 0.25) is 5.78 Å². The van der Waals surface area contributed by atoms with Crippen molar-refractivity contribution in [2.45, 2.75) is 25.3 Å². The highest BCUT2D eigenvalue weighted by atomic mass is 32.2. The number of carbonyl (C=O) groups is 1. The van der Waals surface area contributed by atoms with Gasteiger partial charge >= 0.3 is 5.51 Å². The van der Waals surface area contributed by atoms with Gasteiger partial charge in [-0.15, -0.1) is 0 Å². The van der Waals surface area contributed by atoms with Crippen molar-refractivity contribution in [1.82, 2.24) is 4.90 Å². The van der Waals surface area contributed by atoms with Gasteiger partial charge in [0.05, 0.1) is 4.91 Å². The highest BCUT2D eigenvalue weighted by Crippen LogP contribution is 2.40. The molecule has 2 nitrogen and oxygen atoms in total. The van der Waals surface area contributed by atoms with Crippen LogP contribution in [0.4, 0.5) is 13.2 Å². The molecule has 0 bridgehead atoms. The third-order valence-electron chi connectivity index (χ3n) is 3.37. The molecule has 0 aliphatic carbocycles. The third-order valence-corrected chi connectivity index (χ3v) is 4.29. The molecule has 0 N–H and O–H groups in total. The lowest BCUT2D eigenvalue weighted by Gasteiger charge is -2.22. The average molecular weight is 315 g/mol. The van der Waals surface area contributed by atoms with E-state index in [1.165, 1.54) is 12.1 Å². The molecule has 1 saturated heterocycles. The molecule has 0 atom stereocenters. The lowest BCUT2D eigenvalue weighted by atomic mass is 10.1. The fourth-order valence-corrected chi connectivity index (χ4v) is 3.04. The van der Waals surface area contributed by atoms with E-state index in [9.17, 15) is 18.0 Å². The van der Waals surface area contributed by atoms with Crippen LogP contribution in [-0.2, 0) is 0 Å². The minimum Gasteiger partial charge on any atom is -0.374 e. The van der Waals surface area contributed by atoms with Crippen molar-refractivity contribution in [1.29, 1.82) is 0 Å². The van der Waals surface area contributed by atoms with Crippen molar-refractivity contribution in [3.8, 4) is 0 Å². The zero-order valence-electron chi connectivity index (χ0n) is 11.6. The molecule has 0 saturated carbocycles. The molecule has 0 unspecified atom stereocenters. The Morgan fingerprint density at radius 1 is 1.14 bits per heavy atom. The van der Waals surface area contributed by atoms with Gasteiger partial charge in [0, 0.05) is 24.4 Å². The summed E-state index contributed by atoms with van der Waals surface area (Å²) in [6.45, 7) is 3.01. The van der Waals surface area contributed by atoms with E-state index in [0.717, 1.165) is 12.8 Å². The van der Waals surface area contributed by atoms with Crippen molar-refractivity contribution in [2.75, 3.05) is 13.1 Å². The smallest absolute Gasteiger partial charge is 0.374 e. The van der Waals surface area contributed by atoms with Crippen LogP contribution >= 0.6 is 11.8 Å². The predicted octanol–water partition coefficient (Wildman–Crippen LogP) is 4.45. The number of hydrogen-bond donors (Lipinski definition) is 0. The Morgan fingerprint density at radius 3 is 2.24 bits per heavy atom. The van der Waals surface area contributed by atoms with E-state index in [-0.39, 0.29) is 22.2 Å². The van der Waals surface area contributed by atoms with Crippen LogP contribution in [0.3, 0.4) is 0 Å². The molecule has 0 aromatic heterocycles. The molecule has 1 aromatic carbocycles. The second-order valence-corrected chi connectivity index (χ2v) is 5.93. The average Bonchev–Trinajstić information content (AvgIpc) is 2.97. The molecule has 114 valence electrons. The van der Waals surface area contributed by atoms with Crippen LogP contribution in [0.5, 0.6) is 0 Å². The van der Waals surface area contributed by atoms with Crippen LogP contribution in [0.2, 0.25) is 0 Å². The maximum Gasteiger partial charge on any atom is 0.446 e. The summed E-state index contributed by atoms with van der Waals surface area (Å²) in [7, 11) is 0. The molecule has 21 heavy (non-hydrogen) atoms. The normalized spacial score (nSPS) is 16.9. The Bertz CT molecular complexity index is 534. The quantitative estimate of drug-likeness (QED) is 0.605. The Kier molecular flexibility index (Phi) is 4.98. The first-order chi connectivity index (χ1) is 9.88. The number of ketones is 1. The second kappa shape index (κ2) is 6.56. The number of nitrogens with zero attached hydrogens (tertiary/aromatic N) is 1. The van der Waals surface area contributed by atoms with Crippen molar-refractivity contribution in [3.05, 3.63) is 46.5 Å². The summed E-state index contributed by atoms with van der Waals surface area (Å²) in [6.07, 6.45) is 1.89. The van der Waals surface area contributed by atoms with Crippen molar-refractivity contribution in [3.63, 3.8) is 0 Å². The summed E-state index contributed by atoms with van der Waals surface area (Å²) >= 11 is -0.312. The summed E-state index contributed by atoms with van der Waals surface area (Å²) < 4.78 is 38.4. The van der Waals surface area contributed by atoms with E-state index in [4.69, 9.17) is 0 Å². The Balaban J connectivity index is 2.36. The molecule has 2 rings (SSSR count). The van der Waals surface area contributed by atoms with E-state index < -0.39 is 11.3 Å². The van der Waals surface area contributed by atoms with Gasteiger partial charge in [-0.05, 0) is 31.5 Å². The first-order valence-corrected chi connectivity index (χ1v) is 7.51. The van der Waals surface area contributed by atoms with Gasteiger partial charge in [-0.25, -0.2) is 0 Å². The maximum absolute atomic E-state index is 12.8. The number of rotatable bonds is 4. The largest absolute Gasteiger partial charge is 0.446 e. The standard InChI is InChI=1S/C15H16F3NOS/c1-11(19-9-5-6-10-19)14(21-15(16,17)18)13(20)12-7-3-2-4-8-12/h2-4,7-8H,5-6,9-10H2,1H3/b14-11+. The predicted molar refractivity (Wildman–Crippen MR) is 77.9 cm³/mol. The summed E-state index contributed by atoms with van der Waals surface area (Å²) in [5.41, 5.74) is -3.77. The number of benzene rings is 1. The number of thioether (sulfide) groups is 1. The Labute approximate surface area is 126 Å². The first kappa shape index (κ1) is 15.9. The molecule has 0 radical (unpaired) electrons. The van der Waals surface area contributed by atoms with E-state index >= 15 is 0 Å². The molecular weight excluding hydrogens is 299 g/mol. The van der Waals surface area contributed by atoms with Crippen molar-refractivity contribution in [2.24, 2.45) is 0 Å². The second-order valence-electron chi connectivity index (χ2n) is 4.85. The van der Waals surface area contributed by atoms with Crippen molar-refractivity contribution >= 4 is 17.5 Å². The van der Waals surface area contributed by atoms with Crippen LogP contribution in [-0.4, -0.2) is 29.3 Å². The number of Topliss-reactive ketones (excluding diaryl/α,β-unsaturated/α-hetero) is 1. The van der Waals surface area contributed by atoms with Crippen LogP contribution < -0.4 is 0 Å². The van der Waals surface area contributed by atoms with Gasteiger partial charge in [0.25, 0.3) is 0 Å². The molecule has 1 aromatic rings. The Morgan fingerprint density at radius 2 is 1.71 bits per heavy atom. The summed E-state index contributed by atoms with van der Waals surface area (Å²) in [6, 6.07) is 8.10. The first-order valence-electron chi connectivity index (χ1n) is 6.70.